The standard InChI is InChI=1S/C25H29N3O2S/c1-16-6-8-21(9-7-16)26-25(31)28(15-22-5-4-10-30-22)14-20-13-19-12-17(2)11-18(3)23(19)27-24(20)29/h6-9,11-13,22H,4-5,10,14-15H2,1-3H3,(H,26,31)(H,27,29)/t22-/m1/s1. The molecule has 2 aromatic carbocycles. The van der Waals surface area contributed by atoms with Crippen LogP contribution in [-0.4, -0.2) is 34.3 Å². The highest BCUT2D eigenvalue weighted by Crippen LogP contribution is 2.20. The minimum atomic E-state index is -0.0741. The van der Waals surface area contributed by atoms with Crippen molar-refractivity contribution < 1.29 is 4.74 Å². The lowest BCUT2D eigenvalue weighted by Gasteiger charge is -2.28. The van der Waals surface area contributed by atoms with Crippen LogP contribution in [0.25, 0.3) is 10.9 Å². The molecule has 1 atom stereocenters. The number of hydrogen-bond acceptors (Lipinski definition) is 3. The number of nitrogens with one attached hydrogen (secondary N) is 2. The summed E-state index contributed by atoms with van der Waals surface area (Å²) in [6.07, 6.45) is 2.20. The maximum atomic E-state index is 12.9. The van der Waals surface area contributed by atoms with Gasteiger partial charge in [0.25, 0.3) is 5.56 Å². The number of ether oxygens (including phenoxy) is 1. The van der Waals surface area contributed by atoms with E-state index in [1.807, 2.05) is 42.2 Å². The zero-order valence-electron chi connectivity index (χ0n) is 18.3. The van der Waals surface area contributed by atoms with Crippen molar-refractivity contribution in [3.05, 3.63) is 75.1 Å². The zero-order valence-corrected chi connectivity index (χ0v) is 19.1. The molecule has 0 aliphatic carbocycles. The van der Waals surface area contributed by atoms with Gasteiger partial charge in [-0.1, -0.05) is 29.3 Å². The summed E-state index contributed by atoms with van der Waals surface area (Å²) in [6, 6.07) is 14.3. The first-order valence-corrected chi connectivity index (χ1v) is 11.2. The molecule has 2 N–H and O–H groups in total. The van der Waals surface area contributed by atoms with Crippen LogP contribution in [0.1, 0.15) is 35.1 Å². The van der Waals surface area contributed by atoms with E-state index in [4.69, 9.17) is 17.0 Å². The maximum absolute atomic E-state index is 12.9. The number of rotatable bonds is 5. The molecule has 2 heterocycles. The van der Waals surface area contributed by atoms with E-state index in [9.17, 15) is 4.79 Å². The van der Waals surface area contributed by atoms with E-state index < -0.39 is 0 Å². The van der Waals surface area contributed by atoms with Crippen molar-refractivity contribution in [2.45, 2.75) is 46.3 Å². The highest BCUT2D eigenvalue weighted by atomic mass is 32.1. The van der Waals surface area contributed by atoms with Crippen LogP contribution in [0.4, 0.5) is 5.69 Å². The van der Waals surface area contributed by atoms with E-state index >= 15 is 0 Å². The van der Waals surface area contributed by atoms with E-state index in [0.29, 0.717) is 23.8 Å². The predicted octanol–water partition coefficient (Wildman–Crippen LogP) is 4.83. The number of anilines is 1. The number of benzene rings is 2. The summed E-state index contributed by atoms with van der Waals surface area (Å²) >= 11 is 5.75. The largest absolute Gasteiger partial charge is 0.376 e. The Balaban J connectivity index is 1.62. The van der Waals surface area contributed by atoms with E-state index in [1.165, 1.54) is 11.1 Å². The Morgan fingerprint density at radius 3 is 2.65 bits per heavy atom. The second-order valence-corrected chi connectivity index (χ2v) is 8.87. The Bertz CT molecular complexity index is 1150. The smallest absolute Gasteiger partial charge is 0.253 e. The molecule has 4 rings (SSSR count). The minimum Gasteiger partial charge on any atom is -0.376 e. The van der Waals surface area contributed by atoms with Crippen LogP contribution >= 0.6 is 12.2 Å². The van der Waals surface area contributed by atoms with Gasteiger partial charge in [-0.3, -0.25) is 4.79 Å². The molecule has 0 radical (unpaired) electrons. The maximum Gasteiger partial charge on any atom is 0.253 e. The van der Waals surface area contributed by atoms with Gasteiger partial charge in [0.2, 0.25) is 0 Å². The molecule has 0 unspecified atom stereocenters. The minimum absolute atomic E-state index is 0.0741. The first-order chi connectivity index (χ1) is 14.9. The van der Waals surface area contributed by atoms with Crippen LogP contribution < -0.4 is 10.9 Å². The van der Waals surface area contributed by atoms with Gasteiger partial charge in [-0.15, -0.1) is 0 Å². The molecule has 0 spiro atoms. The summed E-state index contributed by atoms with van der Waals surface area (Å²) in [5.41, 5.74) is 5.90. The highest BCUT2D eigenvalue weighted by Gasteiger charge is 2.22. The number of aromatic amines is 1. The molecule has 1 aromatic heterocycles. The quantitative estimate of drug-likeness (QED) is 0.562. The third kappa shape index (κ3) is 5.14. The number of nitrogens with zero attached hydrogens (tertiary/aromatic N) is 1. The van der Waals surface area contributed by atoms with E-state index in [1.54, 1.807) is 0 Å². The van der Waals surface area contributed by atoms with Crippen LogP contribution in [0.15, 0.2) is 47.3 Å². The Kier molecular flexibility index (Phi) is 6.39. The number of aromatic nitrogens is 1. The molecular formula is C25H29N3O2S. The zero-order chi connectivity index (χ0) is 22.0. The lowest BCUT2D eigenvalue weighted by atomic mass is 10.1. The fourth-order valence-corrected chi connectivity index (χ4v) is 4.40. The van der Waals surface area contributed by atoms with Gasteiger partial charge in [-0.2, -0.15) is 0 Å². The summed E-state index contributed by atoms with van der Waals surface area (Å²) < 4.78 is 5.85. The molecule has 162 valence electrons. The molecule has 0 bridgehead atoms. The molecule has 3 aromatic rings. The number of pyridine rings is 1. The van der Waals surface area contributed by atoms with Crippen LogP contribution in [0.2, 0.25) is 0 Å². The number of hydrogen-bond donors (Lipinski definition) is 2. The van der Waals surface area contributed by atoms with Crippen LogP contribution in [0, 0.1) is 20.8 Å². The number of thiocarbonyl (C=S) groups is 1. The highest BCUT2D eigenvalue weighted by molar-refractivity contribution is 7.80. The third-order valence-corrected chi connectivity index (χ3v) is 6.13. The first kappa shape index (κ1) is 21.5. The summed E-state index contributed by atoms with van der Waals surface area (Å²) in [5.74, 6) is 0. The van der Waals surface area contributed by atoms with Gasteiger partial charge in [-0.25, -0.2) is 0 Å². The molecule has 1 aliphatic rings. The van der Waals surface area contributed by atoms with Crippen LogP contribution in [0.3, 0.4) is 0 Å². The molecule has 0 saturated carbocycles. The fourth-order valence-electron chi connectivity index (χ4n) is 4.15. The molecule has 0 amide bonds. The van der Waals surface area contributed by atoms with Crippen molar-refractivity contribution in [1.82, 2.24) is 9.88 Å². The molecule has 1 saturated heterocycles. The molecule has 6 heteroatoms. The van der Waals surface area contributed by atoms with Gasteiger partial charge in [0.05, 0.1) is 18.2 Å². The molecule has 1 aliphatic heterocycles. The van der Waals surface area contributed by atoms with E-state index in [-0.39, 0.29) is 11.7 Å². The van der Waals surface area contributed by atoms with Gasteiger partial charge in [0.1, 0.15) is 0 Å². The second kappa shape index (κ2) is 9.20. The number of H-pyrrole nitrogens is 1. The van der Waals surface area contributed by atoms with Crippen molar-refractivity contribution in [3.63, 3.8) is 0 Å². The summed E-state index contributed by atoms with van der Waals surface area (Å²) in [4.78, 5) is 18.0. The SMILES string of the molecule is Cc1ccc(NC(=S)N(Cc2cc3cc(C)cc(C)c3[nH]c2=O)C[C@H]2CCCO2)cc1. The van der Waals surface area contributed by atoms with Crippen LogP contribution in [-0.2, 0) is 11.3 Å². The van der Waals surface area contributed by atoms with Gasteiger partial charge in [0.15, 0.2) is 5.11 Å². The molecular weight excluding hydrogens is 406 g/mol. The molecule has 31 heavy (non-hydrogen) atoms. The lowest BCUT2D eigenvalue weighted by Crippen LogP contribution is -2.40. The fraction of sp³-hybridized carbons (Fsp3) is 0.360. The summed E-state index contributed by atoms with van der Waals surface area (Å²) in [7, 11) is 0. The first-order valence-electron chi connectivity index (χ1n) is 10.8. The average Bonchev–Trinajstić information content (AvgIpc) is 3.23. The molecule has 5 nitrogen and oxygen atoms in total. The van der Waals surface area contributed by atoms with E-state index in [0.717, 1.165) is 41.6 Å². The lowest BCUT2D eigenvalue weighted by molar-refractivity contribution is 0.0904. The summed E-state index contributed by atoms with van der Waals surface area (Å²) in [6.45, 7) is 8.02. The van der Waals surface area contributed by atoms with Gasteiger partial charge in [0, 0.05) is 24.4 Å². The topological polar surface area (TPSA) is 57.4 Å². The Hall–Kier alpha value is -2.70. The number of aryl methyl sites for hydroxylation is 3. The Morgan fingerprint density at radius 1 is 1.16 bits per heavy atom. The normalized spacial score (nSPS) is 15.9. The average molecular weight is 436 g/mol. The Labute approximate surface area is 188 Å². The van der Waals surface area contributed by atoms with Crippen molar-refractivity contribution in [1.29, 1.82) is 0 Å². The third-order valence-electron chi connectivity index (χ3n) is 5.77. The monoisotopic (exact) mass is 435 g/mol. The predicted molar refractivity (Wildman–Crippen MR) is 131 cm³/mol. The van der Waals surface area contributed by atoms with Gasteiger partial charge < -0.3 is 19.9 Å². The van der Waals surface area contributed by atoms with Crippen molar-refractivity contribution in [2.24, 2.45) is 0 Å². The summed E-state index contributed by atoms with van der Waals surface area (Å²) in [5, 5.41) is 4.97. The van der Waals surface area contributed by atoms with Crippen molar-refractivity contribution >= 4 is 33.9 Å². The second-order valence-electron chi connectivity index (χ2n) is 8.48. The van der Waals surface area contributed by atoms with Gasteiger partial charge >= 0.3 is 0 Å². The number of fused-ring (bicyclic) bond motifs is 1. The van der Waals surface area contributed by atoms with Gasteiger partial charge in [-0.05, 0) is 81.0 Å². The van der Waals surface area contributed by atoms with Crippen molar-refractivity contribution in [2.75, 3.05) is 18.5 Å². The van der Waals surface area contributed by atoms with E-state index in [2.05, 4.69) is 36.3 Å². The van der Waals surface area contributed by atoms with Crippen molar-refractivity contribution in [3.8, 4) is 0 Å². The Morgan fingerprint density at radius 2 is 1.94 bits per heavy atom. The molecule has 1 fully saturated rings. The van der Waals surface area contributed by atoms with Crippen LogP contribution in [0.5, 0.6) is 0 Å².